The molecular weight excluding hydrogens is 246 g/mol. The van der Waals surface area contributed by atoms with Crippen LogP contribution in [0.15, 0.2) is 22.7 Å². The molecule has 4 heteroatoms. The summed E-state index contributed by atoms with van der Waals surface area (Å²) in [5.41, 5.74) is 1.12. The molecule has 0 aliphatic carbocycles. The van der Waals surface area contributed by atoms with Crippen molar-refractivity contribution in [2.24, 2.45) is 0 Å². The number of rotatable bonds is 5. The second kappa shape index (κ2) is 5.65. The first kappa shape index (κ1) is 11.0. The van der Waals surface area contributed by atoms with E-state index in [9.17, 15) is 4.79 Å². The maximum atomic E-state index is 10.1. The number of hydrogen-bond acceptors (Lipinski definition) is 2. The van der Waals surface area contributed by atoms with Crippen molar-refractivity contribution in [1.29, 1.82) is 0 Å². The first-order valence-electron chi connectivity index (χ1n) is 4.27. The van der Waals surface area contributed by atoms with Crippen molar-refractivity contribution in [2.45, 2.75) is 6.42 Å². The fraction of sp³-hybridized carbons (Fsp3) is 0.300. The lowest BCUT2D eigenvalue weighted by molar-refractivity contribution is -0.109. The summed E-state index contributed by atoms with van der Waals surface area (Å²) in [6.45, 7) is 0.634. The van der Waals surface area contributed by atoms with E-state index >= 15 is 0 Å². The van der Waals surface area contributed by atoms with Gasteiger partial charge in [-0.15, -0.1) is 0 Å². The number of hydrogen-bond donors (Lipinski definition) is 1. The number of carbonyl (C=O) groups excluding carboxylic acids is 1. The Kier molecular flexibility index (Phi) is 4.46. The Morgan fingerprint density at radius 3 is 3.00 bits per heavy atom. The third kappa shape index (κ3) is 3.03. The van der Waals surface area contributed by atoms with E-state index in [2.05, 4.69) is 21.2 Å². The van der Waals surface area contributed by atoms with Gasteiger partial charge in [-0.2, -0.15) is 0 Å². The first-order valence-corrected chi connectivity index (χ1v) is 5.06. The SMILES string of the molecule is COc1ccc(Br)c(CCNC=O)c1. The van der Waals surface area contributed by atoms with Crippen LogP contribution in [0.2, 0.25) is 0 Å². The van der Waals surface area contributed by atoms with Crippen molar-refractivity contribution in [1.82, 2.24) is 5.32 Å². The Hall–Kier alpha value is -1.03. The van der Waals surface area contributed by atoms with Gasteiger partial charge in [-0.05, 0) is 30.2 Å². The smallest absolute Gasteiger partial charge is 0.207 e. The molecule has 0 unspecified atom stereocenters. The van der Waals surface area contributed by atoms with E-state index in [0.717, 1.165) is 22.2 Å². The molecule has 0 bridgehead atoms. The molecule has 0 aliphatic heterocycles. The number of ether oxygens (including phenoxy) is 1. The van der Waals surface area contributed by atoms with Crippen LogP contribution in [0.3, 0.4) is 0 Å². The van der Waals surface area contributed by atoms with Gasteiger partial charge in [-0.3, -0.25) is 4.79 Å². The monoisotopic (exact) mass is 257 g/mol. The highest BCUT2D eigenvalue weighted by Crippen LogP contribution is 2.22. The van der Waals surface area contributed by atoms with Crippen LogP contribution in [-0.2, 0) is 11.2 Å². The van der Waals surface area contributed by atoms with Gasteiger partial charge in [-0.25, -0.2) is 0 Å². The molecule has 76 valence electrons. The number of carbonyl (C=O) groups is 1. The predicted octanol–water partition coefficient (Wildman–Crippen LogP) is 1.75. The van der Waals surface area contributed by atoms with Crippen LogP contribution in [0.25, 0.3) is 0 Å². The molecule has 0 atom stereocenters. The van der Waals surface area contributed by atoms with Gasteiger partial charge in [0.2, 0.25) is 6.41 Å². The van der Waals surface area contributed by atoms with E-state index in [1.165, 1.54) is 0 Å². The fourth-order valence-electron chi connectivity index (χ4n) is 1.14. The largest absolute Gasteiger partial charge is 0.497 e. The molecule has 0 fully saturated rings. The van der Waals surface area contributed by atoms with Gasteiger partial charge in [0, 0.05) is 11.0 Å². The van der Waals surface area contributed by atoms with Crippen molar-refractivity contribution in [2.75, 3.05) is 13.7 Å². The average molecular weight is 258 g/mol. The molecule has 3 nitrogen and oxygen atoms in total. The second-order valence-corrected chi connectivity index (χ2v) is 3.63. The molecule has 0 aromatic heterocycles. The number of halogens is 1. The normalized spacial score (nSPS) is 9.57. The second-order valence-electron chi connectivity index (χ2n) is 2.78. The number of amides is 1. The van der Waals surface area contributed by atoms with Crippen molar-refractivity contribution in [3.63, 3.8) is 0 Å². The van der Waals surface area contributed by atoms with Gasteiger partial charge in [-0.1, -0.05) is 15.9 Å². The molecule has 0 heterocycles. The number of benzene rings is 1. The molecule has 1 N–H and O–H groups in total. The minimum Gasteiger partial charge on any atom is -0.497 e. The quantitative estimate of drug-likeness (QED) is 0.645. The van der Waals surface area contributed by atoms with E-state index in [0.29, 0.717) is 13.0 Å². The Morgan fingerprint density at radius 1 is 1.57 bits per heavy atom. The molecule has 0 radical (unpaired) electrons. The van der Waals surface area contributed by atoms with Crippen molar-refractivity contribution < 1.29 is 9.53 Å². The summed E-state index contributed by atoms with van der Waals surface area (Å²) in [6.07, 6.45) is 1.49. The van der Waals surface area contributed by atoms with Gasteiger partial charge in [0.15, 0.2) is 0 Å². The van der Waals surface area contributed by atoms with Crippen molar-refractivity contribution in [3.05, 3.63) is 28.2 Å². The molecule has 0 spiro atoms. The molecule has 1 aromatic rings. The van der Waals surface area contributed by atoms with Gasteiger partial charge >= 0.3 is 0 Å². The van der Waals surface area contributed by atoms with E-state index in [4.69, 9.17) is 4.74 Å². The molecule has 0 aliphatic rings. The van der Waals surface area contributed by atoms with Gasteiger partial charge in [0.1, 0.15) is 5.75 Å². The number of nitrogens with one attached hydrogen (secondary N) is 1. The van der Waals surface area contributed by atoms with Crippen LogP contribution < -0.4 is 10.1 Å². The highest BCUT2D eigenvalue weighted by Gasteiger charge is 2.01. The Labute approximate surface area is 91.6 Å². The van der Waals surface area contributed by atoms with Crippen molar-refractivity contribution >= 4 is 22.3 Å². The summed E-state index contributed by atoms with van der Waals surface area (Å²) in [5.74, 6) is 0.828. The lowest BCUT2D eigenvalue weighted by Crippen LogP contribution is -2.14. The van der Waals surface area contributed by atoms with Gasteiger partial charge in [0.25, 0.3) is 0 Å². The minimum atomic E-state index is 0.634. The third-order valence-corrected chi connectivity index (χ3v) is 2.65. The molecule has 0 saturated carbocycles. The minimum absolute atomic E-state index is 0.634. The lowest BCUT2D eigenvalue weighted by Gasteiger charge is -2.06. The van der Waals surface area contributed by atoms with Crippen LogP contribution in [-0.4, -0.2) is 20.1 Å². The third-order valence-electron chi connectivity index (χ3n) is 1.87. The van der Waals surface area contributed by atoms with E-state index in [-0.39, 0.29) is 0 Å². The lowest BCUT2D eigenvalue weighted by atomic mass is 10.1. The van der Waals surface area contributed by atoms with Crippen LogP contribution in [0.5, 0.6) is 5.75 Å². The van der Waals surface area contributed by atoms with E-state index < -0.39 is 0 Å². The Balaban J connectivity index is 2.68. The topological polar surface area (TPSA) is 38.3 Å². The summed E-state index contributed by atoms with van der Waals surface area (Å²) < 4.78 is 6.14. The number of methoxy groups -OCH3 is 1. The van der Waals surface area contributed by atoms with Crippen LogP contribution in [0.1, 0.15) is 5.56 Å². The first-order chi connectivity index (χ1) is 6.77. The molecule has 1 amide bonds. The fourth-order valence-corrected chi connectivity index (χ4v) is 1.58. The Bertz CT molecular complexity index is 315. The van der Waals surface area contributed by atoms with Gasteiger partial charge in [0.05, 0.1) is 7.11 Å². The standard InChI is InChI=1S/C10H12BrNO2/c1-14-9-2-3-10(11)8(6-9)4-5-12-7-13/h2-3,6-7H,4-5H2,1H3,(H,12,13). The van der Waals surface area contributed by atoms with Crippen molar-refractivity contribution in [3.8, 4) is 5.75 Å². The highest BCUT2D eigenvalue weighted by atomic mass is 79.9. The highest BCUT2D eigenvalue weighted by molar-refractivity contribution is 9.10. The zero-order chi connectivity index (χ0) is 10.4. The predicted molar refractivity (Wildman–Crippen MR) is 58.5 cm³/mol. The summed E-state index contributed by atoms with van der Waals surface area (Å²) in [4.78, 5) is 10.1. The summed E-state index contributed by atoms with van der Waals surface area (Å²) in [6, 6.07) is 5.78. The summed E-state index contributed by atoms with van der Waals surface area (Å²) in [5, 5.41) is 2.62. The zero-order valence-electron chi connectivity index (χ0n) is 7.92. The Morgan fingerprint density at radius 2 is 2.36 bits per heavy atom. The van der Waals surface area contributed by atoms with Crippen LogP contribution >= 0.6 is 15.9 Å². The summed E-state index contributed by atoms with van der Waals surface area (Å²) in [7, 11) is 1.64. The molecule has 14 heavy (non-hydrogen) atoms. The van der Waals surface area contributed by atoms with E-state index in [1.807, 2.05) is 18.2 Å². The maximum absolute atomic E-state index is 10.1. The van der Waals surface area contributed by atoms with Gasteiger partial charge < -0.3 is 10.1 Å². The summed E-state index contributed by atoms with van der Waals surface area (Å²) >= 11 is 3.44. The average Bonchev–Trinajstić information content (AvgIpc) is 2.21. The van der Waals surface area contributed by atoms with E-state index in [1.54, 1.807) is 7.11 Å². The molecule has 0 saturated heterocycles. The molecule has 1 aromatic carbocycles. The van der Waals surface area contributed by atoms with Crippen LogP contribution in [0, 0.1) is 0 Å². The zero-order valence-corrected chi connectivity index (χ0v) is 9.50. The van der Waals surface area contributed by atoms with Crippen LogP contribution in [0.4, 0.5) is 0 Å². The molecule has 1 rings (SSSR count). The molecular formula is C10H12BrNO2. The maximum Gasteiger partial charge on any atom is 0.207 e.